The molecule has 0 fully saturated rings. The highest BCUT2D eigenvalue weighted by molar-refractivity contribution is 6.31. The molecule has 5 heteroatoms. The summed E-state index contributed by atoms with van der Waals surface area (Å²) in [5, 5.41) is 8.13. The lowest BCUT2D eigenvalue weighted by Crippen LogP contribution is -2.19. The van der Waals surface area contributed by atoms with Crippen LogP contribution in [0.5, 0.6) is 0 Å². The second kappa shape index (κ2) is 5.63. The fraction of sp³-hybridized carbons (Fsp3) is 0.273. The van der Waals surface area contributed by atoms with E-state index in [9.17, 15) is 0 Å². The van der Waals surface area contributed by atoms with E-state index in [0.717, 1.165) is 25.2 Å². The second-order valence-corrected chi connectivity index (χ2v) is 3.82. The molecular formula is C11H13ClN4. The summed E-state index contributed by atoms with van der Waals surface area (Å²) in [6.45, 7) is 2.47. The van der Waals surface area contributed by atoms with Gasteiger partial charge in [-0.05, 0) is 17.7 Å². The van der Waals surface area contributed by atoms with Crippen LogP contribution in [0, 0.1) is 0 Å². The molecule has 4 nitrogen and oxygen atoms in total. The second-order valence-electron chi connectivity index (χ2n) is 3.41. The zero-order valence-corrected chi connectivity index (χ0v) is 9.56. The van der Waals surface area contributed by atoms with Gasteiger partial charge < -0.3 is 5.32 Å². The molecule has 0 spiro atoms. The molecule has 0 saturated heterocycles. The summed E-state index contributed by atoms with van der Waals surface area (Å²) in [4.78, 5) is 3.94. The van der Waals surface area contributed by atoms with Gasteiger partial charge in [-0.2, -0.15) is 5.10 Å². The van der Waals surface area contributed by atoms with Crippen LogP contribution in [-0.4, -0.2) is 21.3 Å². The quantitative estimate of drug-likeness (QED) is 0.804. The maximum absolute atomic E-state index is 5.98. The molecule has 2 aromatic heterocycles. The van der Waals surface area contributed by atoms with Gasteiger partial charge in [0.25, 0.3) is 0 Å². The average molecular weight is 237 g/mol. The zero-order chi connectivity index (χ0) is 11.2. The number of rotatable bonds is 5. The topological polar surface area (TPSA) is 42.7 Å². The van der Waals surface area contributed by atoms with Crippen LogP contribution in [0.15, 0.2) is 36.9 Å². The Morgan fingerprint density at radius 3 is 3.06 bits per heavy atom. The van der Waals surface area contributed by atoms with Crippen molar-refractivity contribution in [2.75, 3.05) is 6.54 Å². The van der Waals surface area contributed by atoms with E-state index in [1.54, 1.807) is 18.6 Å². The lowest BCUT2D eigenvalue weighted by atomic mass is 10.3. The van der Waals surface area contributed by atoms with Crippen molar-refractivity contribution in [3.63, 3.8) is 0 Å². The van der Waals surface area contributed by atoms with Crippen LogP contribution in [-0.2, 0) is 13.1 Å². The van der Waals surface area contributed by atoms with Gasteiger partial charge in [-0.15, -0.1) is 0 Å². The molecule has 0 saturated carbocycles. The first-order chi connectivity index (χ1) is 7.86. The first kappa shape index (κ1) is 11.1. The number of pyridine rings is 1. The zero-order valence-electron chi connectivity index (χ0n) is 8.81. The van der Waals surface area contributed by atoms with Crippen molar-refractivity contribution >= 4 is 11.6 Å². The van der Waals surface area contributed by atoms with Crippen LogP contribution in [0.4, 0.5) is 0 Å². The lowest BCUT2D eigenvalue weighted by Gasteiger charge is -2.06. The summed E-state index contributed by atoms with van der Waals surface area (Å²) in [6.07, 6.45) is 7.13. The Bertz CT molecular complexity index is 427. The maximum atomic E-state index is 5.98. The minimum atomic E-state index is 0.703. The molecule has 0 aromatic carbocycles. The molecule has 0 radical (unpaired) electrons. The highest BCUT2D eigenvalue weighted by Gasteiger charge is 1.98. The van der Waals surface area contributed by atoms with Crippen LogP contribution < -0.4 is 5.32 Å². The van der Waals surface area contributed by atoms with E-state index in [4.69, 9.17) is 11.6 Å². The van der Waals surface area contributed by atoms with E-state index in [2.05, 4.69) is 15.4 Å². The molecule has 2 rings (SSSR count). The SMILES string of the molecule is Clc1cnccc1CNCCn1cccn1. The van der Waals surface area contributed by atoms with Crippen LogP contribution >= 0.6 is 11.6 Å². The third-order valence-corrected chi connectivity index (χ3v) is 2.59. The van der Waals surface area contributed by atoms with Gasteiger partial charge in [-0.25, -0.2) is 0 Å². The van der Waals surface area contributed by atoms with Gasteiger partial charge in [0.05, 0.1) is 11.6 Å². The predicted octanol–water partition coefficient (Wildman–Crippen LogP) is 1.72. The molecule has 0 bridgehead atoms. The van der Waals surface area contributed by atoms with Crippen molar-refractivity contribution in [1.29, 1.82) is 0 Å². The van der Waals surface area contributed by atoms with Gasteiger partial charge in [0.2, 0.25) is 0 Å². The Morgan fingerprint density at radius 2 is 2.31 bits per heavy atom. The van der Waals surface area contributed by atoms with E-state index < -0.39 is 0 Å². The molecule has 1 N–H and O–H groups in total. The van der Waals surface area contributed by atoms with E-state index in [-0.39, 0.29) is 0 Å². The van der Waals surface area contributed by atoms with Crippen molar-refractivity contribution in [2.45, 2.75) is 13.1 Å². The lowest BCUT2D eigenvalue weighted by molar-refractivity contribution is 0.555. The molecule has 0 aliphatic rings. The number of hydrogen-bond donors (Lipinski definition) is 1. The molecule has 2 aromatic rings. The summed E-state index contributed by atoms with van der Waals surface area (Å²) in [7, 11) is 0. The Balaban J connectivity index is 1.74. The summed E-state index contributed by atoms with van der Waals surface area (Å²) >= 11 is 5.98. The van der Waals surface area contributed by atoms with E-state index in [0.29, 0.717) is 5.02 Å². The number of halogens is 1. The number of nitrogens with one attached hydrogen (secondary N) is 1. The standard InChI is InChI=1S/C11H13ClN4/c12-11-9-13-4-2-10(11)8-14-5-7-16-6-1-3-15-16/h1-4,6,9,14H,5,7-8H2. The Morgan fingerprint density at radius 1 is 1.38 bits per heavy atom. The molecule has 0 aliphatic heterocycles. The van der Waals surface area contributed by atoms with Crippen molar-refractivity contribution in [1.82, 2.24) is 20.1 Å². The van der Waals surface area contributed by atoms with Crippen LogP contribution in [0.1, 0.15) is 5.56 Å². The summed E-state index contributed by atoms with van der Waals surface area (Å²) in [6, 6.07) is 3.84. The average Bonchev–Trinajstić information content (AvgIpc) is 2.79. The van der Waals surface area contributed by atoms with Crippen LogP contribution in [0.25, 0.3) is 0 Å². The molecule has 0 aliphatic carbocycles. The van der Waals surface area contributed by atoms with E-state index >= 15 is 0 Å². The Kier molecular flexibility index (Phi) is 3.91. The van der Waals surface area contributed by atoms with Gasteiger partial charge >= 0.3 is 0 Å². The predicted molar refractivity (Wildman–Crippen MR) is 63.2 cm³/mol. The van der Waals surface area contributed by atoms with Crippen molar-refractivity contribution < 1.29 is 0 Å². The first-order valence-electron chi connectivity index (χ1n) is 5.13. The monoisotopic (exact) mass is 236 g/mol. The fourth-order valence-electron chi connectivity index (χ4n) is 1.40. The fourth-order valence-corrected chi connectivity index (χ4v) is 1.58. The Labute approximate surface area is 99.3 Å². The summed E-state index contributed by atoms with van der Waals surface area (Å²) < 4.78 is 1.89. The van der Waals surface area contributed by atoms with Crippen molar-refractivity contribution in [2.24, 2.45) is 0 Å². The Hall–Kier alpha value is -1.39. The van der Waals surface area contributed by atoms with Crippen molar-refractivity contribution in [3.8, 4) is 0 Å². The van der Waals surface area contributed by atoms with Crippen LogP contribution in [0.2, 0.25) is 5.02 Å². The number of aromatic nitrogens is 3. The van der Waals surface area contributed by atoms with Gasteiger partial charge in [-0.3, -0.25) is 9.67 Å². The highest BCUT2D eigenvalue weighted by Crippen LogP contribution is 2.12. The summed E-state index contributed by atoms with van der Waals surface area (Å²) in [5.41, 5.74) is 1.07. The molecule has 16 heavy (non-hydrogen) atoms. The van der Waals surface area contributed by atoms with E-state index in [1.165, 1.54) is 0 Å². The van der Waals surface area contributed by atoms with Gasteiger partial charge in [0.15, 0.2) is 0 Å². The van der Waals surface area contributed by atoms with Gasteiger partial charge in [0.1, 0.15) is 0 Å². The minimum absolute atomic E-state index is 0.703. The number of hydrogen-bond acceptors (Lipinski definition) is 3. The van der Waals surface area contributed by atoms with Gasteiger partial charge in [0, 0.05) is 37.9 Å². The third-order valence-electron chi connectivity index (χ3n) is 2.25. The minimum Gasteiger partial charge on any atom is -0.311 e. The van der Waals surface area contributed by atoms with Crippen molar-refractivity contribution in [3.05, 3.63) is 47.5 Å². The molecule has 0 atom stereocenters. The smallest absolute Gasteiger partial charge is 0.0634 e. The van der Waals surface area contributed by atoms with Crippen LogP contribution in [0.3, 0.4) is 0 Å². The normalized spacial score (nSPS) is 10.6. The molecule has 0 amide bonds. The number of nitrogens with zero attached hydrogens (tertiary/aromatic N) is 3. The first-order valence-corrected chi connectivity index (χ1v) is 5.50. The van der Waals surface area contributed by atoms with Gasteiger partial charge in [-0.1, -0.05) is 11.6 Å². The molecule has 2 heterocycles. The molecule has 84 valence electrons. The molecular weight excluding hydrogens is 224 g/mol. The highest BCUT2D eigenvalue weighted by atomic mass is 35.5. The largest absolute Gasteiger partial charge is 0.311 e. The third kappa shape index (κ3) is 3.05. The molecule has 0 unspecified atom stereocenters. The summed E-state index contributed by atoms with van der Waals surface area (Å²) in [5.74, 6) is 0. The maximum Gasteiger partial charge on any atom is 0.0634 e. The van der Waals surface area contributed by atoms with E-state index in [1.807, 2.05) is 23.0 Å².